The Labute approximate surface area is 286 Å². The van der Waals surface area contributed by atoms with Gasteiger partial charge in [0.25, 0.3) is 0 Å². The molecule has 6 aromatic carbocycles. The van der Waals surface area contributed by atoms with Gasteiger partial charge in [-0.05, 0) is 79.5 Å². The van der Waals surface area contributed by atoms with Crippen LogP contribution in [0.5, 0.6) is 0 Å². The van der Waals surface area contributed by atoms with Crippen molar-refractivity contribution in [2.75, 3.05) is 0 Å². The van der Waals surface area contributed by atoms with E-state index in [1.54, 1.807) is 6.20 Å². The fourth-order valence-electron chi connectivity index (χ4n) is 7.39. The average molecular weight is 628 g/mol. The molecule has 0 aliphatic heterocycles. The molecule has 2 aromatic heterocycles. The van der Waals surface area contributed by atoms with Crippen molar-refractivity contribution in [3.8, 4) is 67.3 Å². The molecule has 232 valence electrons. The topological polar surface area (TPSA) is 38.7 Å². The predicted molar refractivity (Wildman–Crippen MR) is 202 cm³/mol. The molecular weight excluding hydrogens is 595 g/mol. The average Bonchev–Trinajstić information content (AvgIpc) is 3.41. The molecule has 2 heterocycles. The van der Waals surface area contributed by atoms with Gasteiger partial charge in [-0.2, -0.15) is 0 Å². The number of nitrogens with zero attached hydrogens (tertiary/aromatic N) is 3. The first-order valence-electron chi connectivity index (χ1n) is 16.8. The van der Waals surface area contributed by atoms with Crippen LogP contribution in [0.3, 0.4) is 0 Å². The molecule has 0 unspecified atom stereocenters. The summed E-state index contributed by atoms with van der Waals surface area (Å²) in [6.07, 6.45) is 3.68. The zero-order chi connectivity index (χ0) is 33.0. The summed E-state index contributed by atoms with van der Waals surface area (Å²) in [6, 6.07) is 54.0. The number of rotatable bonds is 5. The molecule has 0 amide bonds. The van der Waals surface area contributed by atoms with Crippen molar-refractivity contribution in [1.82, 2.24) is 15.0 Å². The van der Waals surface area contributed by atoms with Crippen molar-refractivity contribution in [2.45, 2.75) is 19.3 Å². The first-order chi connectivity index (χ1) is 24.0. The first kappa shape index (κ1) is 29.0. The number of pyridine rings is 1. The van der Waals surface area contributed by atoms with E-state index >= 15 is 0 Å². The fraction of sp³-hybridized carbons (Fsp3) is 0.0652. The van der Waals surface area contributed by atoms with E-state index in [2.05, 4.69) is 158 Å². The summed E-state index contributed by atoms with van der Waals surface area (Å²) in [4.78, 5) is 14.5. The minimum atomic E-state index is -0.0591. The molecule has 0 atom stereocenters. The van der Waals surface area contributed by atoms with Gasteiger partial charge in [-0.3, -0.25) is 4.98 Å². The van der Waals surface area contributed by atoms with Crippen LogP contribution >= 0.6 is 0 Å². The summed E-state index contributed by atoms with van der Waals surface area (Å²) < 4.78 is 0. The van der Waals surface area contributed by atoms with Gasteiger partial charge in [0.1, 0.15) is 0 Å². The zero-order valence-corrected chi connectivity index (χ0v) is 27.4. The van der Waals surface area contributed by atoms with E-state index < -0.39 is 0 Å². The Morgan fingerprint density at radius 3 is 1.92 bits per heavy atom. The minimum absolute atomic E-state index is 0.0591. The molecule has 0 saturated heterocycles. The van der Waals surface area contributed by atoms with E-state index in [9.17, 15) is 0 Å². The van der Waals surface area contributed by atoms with E-state index in [1.165, 1.54) is 38.6 Å². The van der Waals surface area contributed by atoms with Crippen LogP contribution in [0.1, 0.15) is 25.0 Å². The summed E-state index contributed by atoms with van der Waals surface area (Å²) in [5.74, 6) is 0.697. The third kappa shape index (κ3) is 5.03. The van der Waals surface area contributed by atoms with Gasteiger partial charge in [0.15, 0.2) is 5.82 Å². The van der Waals surface area contributed by atoms with Gasteiger partial charge in [0, 0.05) is 34.5 Å². The Morgan fingerprint density at radius 2 is 1.10 bits per heavy atom. The van der Waals surface area contributed by atoms with Crippen molar-refractivity contribution >= 4 is 10.8 Å². The van der Waals surface area contributed by atoms with E-state index in [0.29, 0.717) is 5.82 Å². The standard InChI is InChI=1S/C46H33N3/c1-46(2)40-23-22-35(27-39(40)44-38-16-7-6-10-31(38)21-24-41(44)46)34-13-8-14-36(26-34)43-28-42(32-11-4-3-5-12-32)48-45(49-43)33-19-17-30(18-20-33)37-15-9-25-47-29-37/h3-29H,1-2H3. The molecule has 0 saturated carbocycles. The van der Waals surface area contributed by atoms with Gasteiger partial charge < -0.3 is 0 Å². The highest BCUT2D eigenvalue weighted by Crippen LogP contribution is 2.52. The monoisotopic (exact) mass is 627 g/mol. The number of hydrogen-bond donors (Lipinski definition) is 0. The molecule has 8 aromatic rings. The lowest BCUT2D eigenvalue weighted by atomic mass is 9.82. The van der Waals surface area contributed by atoms with Crippen molar-refractivity contribution in [1.29, 1.82) is 0 Å². The van der Waals surface area contributed by atoms with E-state index in [4.69, 9.17) is 9.97 Å². The molecule has 0 radical (unpaired) electrons. The molecule has 0 N–H and O–H groups in total. The van der Waals surface area contributed by atoms with E-state index in [0.717, 1.165) is 44.8 Å². The Morgan fingerprint density at radius 1 is 0.449 bits per heavy atom. The van der Waals surface area contributed by atoms with Gasteiger partial charge in [-0.15, -0.1) is 0 Å². The molecule has 0 fully saturated rings. The summed E-state index contributed by atoms with van der Waals surface area (Å²) in [5, 5.41) is 2.59. The van der Waals surface area contributed by atoms with Gasteiger partial charge in [0.05, 0.1) is 11.4 Å². The third-order valence-corrected chi connectivity index (χ3v) is 9.99. The van der Waals surface area contributed by atoms with Gasteiger partial charge in [-0.25, -0.2) is 9.97 Å². The highest BCUT2D eigenvalue weighted by molar-refractivity contribution is 6.03. The van der Waals surface area contributed by atoms with Gasteiger partial charge in [-0.1, -0.05) is 141 Å². The molecule has 9 rings (SSSR count). The van der Waals surface area contributed by atoms with Crippen LogP contribution in [0.25, 0.3) is 78.1 Å². The maximum Gasteiger partial charge on any atom is 0.160 e. The summed E-state index contributed by atoms with van der Waals surface area (Å²) in [7, 11) is 0. The second-order valence-corrected chi connectivity index (χ2v) is 13.3. The largest absolute Gasteiger partial charge is 0.264 e. The van der Waals surface area contributed by atoms with Crippen LogP contribution in [0, 0.1) is 0 Å². The Balaban J connectivity index is 1.15. The smallest absolute Gasteiger partial charge is 0.160 e. The van der Waals surface area contributed by atoms with E-state index in [-0.39, 0.29) is 5.41 Å². The van der Waals surface area contributed by atoms with Crippen LogP contribution in [-0.2, 0) is 5.41 Å². The third-order valence-electron chi connectivity index (χ3n) is 9.99. The van der Waals surface area contributed by atoms with Crippen LogP contribution in [0.15, 0.2) is 164 Å². The minimum Gasteiger partial charge on any atom is -0.264 e. The molecular formula is C46H33N3. The number of fused-ring (bicyclic) bond motifs is 5. The normalized spacial score (nSPS) is 12.9. The highest BCUT2D eigenvalue weighted by atomic mass is 14.9. The fourth-order valence-corrected chi connectivity index (χ4v) is 7.39. The lowest BCUT2D eigenvalue weighted by Gasteiger charge is -2.21. The van der Waals surface area contributed by atoms with Crippen molar-refractivity contribution in [3.63, 3.8) is 0 Å². The maximum absolute atomic E-state index is 5.15. The Kier molecular flexibility index (Phi) is 6.80. The summed E-state index contributed by atoms with van der Waals surface area (Å²) in [5.41, 5.74) is 14.8. The van der Waals surface area contributed by atoms with Crippen molar-refractivity contribution in [2.24, 2.45) is 0 Å². The van der Waals surface area contributed by atoms with Gasteiger partial charge >= 0.3 is 0 Å². The Bertz CT molecular complexity index is 2500. The number of hydrogen-bond acceptors (Lipinski definition) is 3. The molecule has 49 heavy (non-hydrogen) atoms. The van der Waals surface area contributed by atoms with Crippen LogP contribution in [0.2, 0.25) is 0 Å². The highest BCUT2D eigenvalue weighted by Gasteiger charge is 2.36. The quantitative estimate of drug-likeness (QED) is 0.191. The van der Waals surface area contributed by atoms with Crippen LogP contribution in [0.4, 0.5) is 0 Å². The summed E-state index contributed by atoms with van der Waals surface area (Å²) >= 11 is 0. The van der Waals surface area contributed by atoms with Crippen molar-refractivity contribution < 1.29 is 0 Å². The molecule has 0 spiro atoms. The van der Waals surface area contributed by atoms with E-state index in [1.807, 2.05) is 18.3 Å². The lowest BCUT2D eigenvalue weighted by Crippen LogP contribution is -2.14. The molecule has 3 heteroatoms. The number of aromatic nitrogens is 3. The van der Waals surface area contributed by atoms with Crippen LogP contribution in [-0.4, -0.2) is 15.0 Å². The van der Waals surface area contributed by atoms with Crippen molar-refractivity contribution in [3.05, 3.63) is 175 Å². The molecule has 1 aliphatic carbocycles. The molecule has 1 aliphatic rings. The Hall–Kier alpha value is -6.19. The van der Waals surface area contributed by atoms with Crippen LogP contribution < -0.4 is 0 Å². The predicted octanol–water partition coefficient (Wildman–Crippen LogP) is 11.7. The maximum atomic E-state index is 5.15. The lowest BCUT2D eigenvalue weighted by molar-refractivity contribution is 0.661. The SMILES string of the molecule is CC1(C)c2ccc(-c3cccc(-c4cc(-c5ccccc5)nc(-c5ccc(-c6cccnc6)cc5)n4)c3)cc2-c2c1ccc1ccccc21. The second-order valence-electron chi connectivity index (χ2n) is 13.3. The van der Waals surface area contributed by atoms with Gasteiger partial charge in [0.2, 0.25) is 0 Å². The first-order valence-corrected chi connectivity index (χ1v) is 16.8. The number of benzene rings is 6. The summed E-state index contributed by atoms with van der Waals surface area (Å²) in [6.45, 7) is 4.69. The second kappa shape index (κ2) is 11.5. The molecule has 3 nitrogen and oxygen atoms in total. The molecule has 0 bridgehead atoms. The zero-order valence-electron chi connectivity index (χ0n) is 27.4.